The number of likely N-dealkylation sites (N-methyl/N-ethyl adjacent to an activating group) is 1. The molecule has 0 heterocycles. The lowest BCUT2D eigenvalue weighted by atomic mass is 10.1. The fourth-order valence-corrected chi connectivity index (χ4v) is 2.57. The predicted octanol–water partition coefficient (Wildman–Crippen LogP) is 4.16. The lowest BCUT2D eigenvalue weighted by Crippen LogP contribution is -2.21. The van der Waals surface area contributed by atoms with Crippen LogP contribution in [-0.2, 0) is 6.42 Å². The molecule has 0 radical (unpaired) electrons. The average Bonchev–Trinajstić information content (AvgIpc) is 2.42. The number of nitrogen functional groups attached to an aromatic ring is 1. The van der Waals surface area contributed by atoms with Crippen LogP contribution in [0.2, 0.25) is 0 Å². The van der Waals surface area contributed by atoms with Gasteiger partial charge in [-0.05, 0) is 54.8 Å². The van der Waals surface area contributed by atoms with Gasteiger partial charge in [0.25, 0.3) is 0 Å². The van der Waals surface area contributed by atoms with Crippen LogP contribution < -0.4 is 10.6 Å². The molecule has 2 aromatic carbocycles. The molecular formula is C16H18BrFN2. The third-order valence-electron chi connectivity index (χ3n) is 3.43. The zero-order chi connectivity index (χ0) is 14.7. The number of hydrogen-bond donors (Lipinski definition) is 1. The largest absolute Gasteiger partial charge is 0.397 e. The third-order valence-corrected chi connectivity index (χ3v) is 3.92. The molecule has 2 aromatic rings. The first-order valence-electron chi connectivity index (χ1n) is 6.48. The van der Waals surface area contributed by atoms with E-state index in [0.29, 0.717) is 5.69 Å². The Labute approximate surface area is 127 Å². The summed E-state index contributed by atoms with van der Waals surface area (Å²) in [6.07, 6.45) is 0.887. The predicted molar refractivity (Wildman–Crippen MR) is 86.7 cm³/mol. The number of halogens is 2. The van der Waals surface area contributed by atoms with Gasteiger partial charge in [0.1, 0.15) is 5.82 Å². The summed E-state index contributed by atoms with van der Waals surface area (Å²) in [7, 11) is 1.93. The minimum Gasteiger partial charge on any atom is -0.397 e. The van der Waals surface area contributed by atoms with Crippen LogP contribution in [0.25, 0.3) is 0 Å². The van der Waals surface area contributed by atoms with Crippen molar-refractivity contribution in [3.05, 3.63) is 57.8 Å². The van der Waals surface area contributed by atoms with Gasteiger partial charge >= 0.3 is 0 Å². The molecule has 0 saturated carbocycles. The SMILES string of the molecule is Cc1ccc(Br)cc1CCN(C)c1cc(F)ccc1N. The maximum absolute atomic E-state index is 13.3. The van der Waals surface area contributed by atoms with Gasteiger partial charge in [-0.2, -0.15) is 0 Å². The number of hydrogen-bond acceptors (Lipinski definition) is 2. The first-order chi connectivity index (χ1) is 9.47. The molecule has 2 N–H and O–H groups in total. The fraction of sp³-hybridized carbons (Fsp3) is 0.250. The molecule has 0 bridgehead atoms. The summed E-state index contributed by atoms with van der Waals surface area (Å²) in [5.41, 5.74) is 9.77. The monoisotopic (exact) mass is 336 g/mol. The molecule has 0 aliphatic rings. The number of aryl methyl sites for hydroxylation is 1. The molecule has 0 atom stereocenters. The van der Waals surface area contributed by atoms with Crippen molar-refractivity contribution < 1.29 is 4.39 Å². The standard InChI is InChI=1S/C16H18BrFN2/c1-11-3-4-13(17)9-12(11)7-8-20(2)16-10-14(18)5-6-15(16)19/h3-6,9-10H,7-8,19H2,1-2H3. The Hall–Kier alpha value is -1.55. The van der Waals surface area contributed by atoms with E-state index in [1.165, 1.54) is 23.3 Å². The van der Waals surface area contributed by atoms with Gasteiger partial charge in [0.05, 0.1) is 11.4 Å². The van der Waals surface area contributed by atoms with Crippen LogP contribution >= 0.6 is 15.9 Å². The molecule has 0 amide bonds. The summed E-state index contributed by atoms with van der Waals surface area (Å²) >= 11 is 3.49. The van der Waals surface area contributed by atoms with Gasteiger partial charge in [0.15, 0.2) is 0 Å². The average molecular weight is 337 g/mol. The van der Waals surface area contributed by atoms with Crippen molar-refractivity contribution >= 4 is 27.3 Å². The van der Waals surface area contributed by atoms with Crippen LogP contribution in [0.1, 0.15) is 11.1 Å². The highest BCUT2D eigenvalue weighted by atomic mass is 79.9. The van der Waals surface area contributed by atoms with Crippen LogP contribution in [0, 0.1) is 12.7 Å². The molecule has 0 saturated heterocycles. The summed E-state index contributed by atoms with van der Waals surface area (Å²) in [6.45, 7) is 2.88. The van der Waals surface area contributed by atoms with E-state index in [9.17, 15) is 4.39 Å². The van der Waals surface area contributed by atoms with E-state index in [4.69, 9.17) is 5.73 Å². The van der Waals surface area contributed by atoms with Crippen molar-refractivity contribution in [1.29, 1.82) is 0 Å². The Kier molecular flexibility index (Phi) is 4.65. The molecule has 0 aliphatic heterocycles. The Bertz CT molecular complexity index is 613. The molecule has 106 valence electrons. The Morgan fingerprint density at radius 3 is 2.70 bits per heavy atom. The number of benzene rings is 2. The van der Waals surface area contributed by atoms with Gasteiger partial charge in [0.2, 0.25) is 0 Å². The Morgan fingerprint density at radius 1 is 1.20 bits per heavy atom. The van der Waals surface area contributed by atoms with Crippen molar-refractivity contribution in [2.24, 2.45) is 0 Å². The molecule has 0 unspecified atom stereocenters. The quantitative estimate of drug-likeness (QED) is 0.849. The summed E-state index contributed by atoms with van der Waals surface area (Å²) in [5, 5.41) is 0. The molecule has 2 rings (SSSR count). The molecular weight excluding hydrogens is 319 g/mol. The van der Waals surface area contributed by atoms with Crippen LogP contribution in [0.3, 0.4) is 0 Å². The summed E-state index contributed by atoms with van der Waals surface area (Å²) in [5.74, 6) is -0.264. The van der Waals surface area contributed by atoms with E-state index in [-0.39, 0.29) is 5.82 Å². The Morgan fingerprint density at radius 2 is 1.95 bits per heavy atom. The second kappa shape index (κ2) is 6.27. The zero-order valence-corrected chi connectivity index (χ0v) is 13.2. The van der Waals surface area contributed by atoms with Crippen LogP contribution in [-0.4, -0.2) is 13.6 Å². The molecule has 0 fully saturated rings. The number of nitrogens with two attached hydrogens (primary N) is 1. The van der Waals surface area contributed by atoms with Crippen LogP contribution in [0.15, 0.2) is 40.9 Å². The normalized spacial score (nSPS) is 10.6. The van der Waals surface area contributed by atoms with Crippen LogP contribution in [0.5, 0.6) is 0 Å². The summed E-state index contributed by atoms with van der Waals surface area (Å²) in [6, 6.07) is 10.7. The third kappa shape index (κ3) is 3.51. The lowest BCUT2D eigenvalue weighted by molar-refractivity contribution is 0.627. The van der Waals surface area contributed by atoms with E-state index < -0.39 is 0 Å². The number of nitrogens with zero attached hydrogens (tertiary/aromatic N) is 1. The highest BCUT2D eigenvalue weighted by Gasteiger charge is 2.08. The molecule has 20 heavy (non-hydrogen) atoms. The first kappa shape index (κ1) is 14.9. The Balaban J connectivity index is 2.10. The smallest absolute Gasteiger partial charge is 0.125 e. The van der Waals surface area contributed by atoms with Gasteiger partial charge < -0.3 is 10.6 Å². The molecule has 0 aromatic heterocycles. The highest BCUT2D eigenvalue weighted by molar-refractivity contribution is 9.10. The van der Waals surface area contributed by atoms with Gasteiger partial charge in [-0.3, -0.25) is 0 Å². The molecule has 0 aliphatic carbocycles. The van der Waals surface area contributed by atoms with Crippen molar-refractivity contribution in [3.8, 4) is 0 Å². The minimum absolute atomic E-state index is 0.264. The maximum Gasteiger partial charge on any atom is 0.125 e. The van der Waals surface area contributed by atoms with Crippen LogP contribution in [0.4, 0.5) is 15.8 Å². The maximum atomic E-state index is 13.3. The van der Waals surface area contributed by atoms with Gasteiger partial charge in [0, 0.05) is 18.1 Å². The number of anilines is 2. The van der Waals surface area contributed by atoms with E-state index in [1.807, 2.05) is 18.0 Å². The second-order valence-corrected chi connectivity index (χ2v) is 5.86. The van der Waals surface area contributed by atoms with Gasteiger partial charge in [-0.15, -0.1) is 0 Å². The summed E-state index contributed by atoms with van der Waals surface area (Å²) in [4.78, 5) is 1.98. The van der Waals surface area contributed by atoms with Gasteiger partial charge in [-0.1, -0.05) is 22.0 Å². The van der Waals surface area contributed by atoms with E-state index in [0.717, 1.165) is 23.1 Å². The van der Waals surface area contributed by atoms with E-state index in [1.54, 1.807) is 6.07 Å². The number of rotatable bonds is 4. The summed E-state index contributed by atoms with van der Waals surface area (Å²) < 4.78 is 14.4. The second-order valence-electron chi connectivity index (χ2n) is 4.95. The molecule has 0 spiro atoms. The molecule has 2 nitrogen and oxygen atoms in total. The van der Waals surface area contributed by atoms with Crippen molar-refractivity contribution in [2.75, 3.05) is 24.2 Å². The minimum atomic E-state index is -0.264. The zero-order valence-electron chi connectivity index (χ0n) is 11.7. The van der Waals surface area contributed by atoms with Gasteiger partial charge in [-0.25, -0.2) is 4.39 Å². The van der Waals surface area contributed by atoms with E-state index in [2.05, 4.69) is 35.0 Å². The van der Waals surface area contributed by atoms with E-state index >= 15 is 0 Å². The fourth-order valence-electron chi connectivity index (χ4n) is 2.17. The topological polar surface area (TPSA) is 29.3 Å². The molecule has 4 heteroatoms. The van der Waals surface area contributed by atoms with Crippen molar-refractivity contribution in [2.45, 2.75) is 13.3 Å². The lowest BCUT2D eigenvalue weighted by Gasteiger charge is -2.21. The first-order valence-corrected chi connectivity index (χ1v) is 7.28. The van der Waals surface area contributed by atoms with Crippen molar-refractivity contribution in [3.63, 3.8) is 0 Å². The highest BCUT2D eigenvalue weighted by Crippen LogP contribution is 2.24. The van der Waals surface area contributed by atoms with Crippen molar-refractivity contribution in [1.82, 2.24) is 0 Å².